The van der Waals surface area contributed by atoms with Crippen molar-refractivity contribution in [2.75, 3.05) is 13.2 Å². The molecular formula is C40H49FN6O3Si. The lowest BCUT2D eigenvalue weighted by molar-refractivity contribution is 0.290. The van der Waals surface area contributed by atoms with Gasteiger partial charge in [0.2, 0.25) is 14.2 Å². The van der Waals surface area contributed by atoms with E-state index in [4.69, 9.17) is 24.7 Å². The maximum Gasteiger partial charge on any atom is 0.250 e. The molecule has 51 heavy (non-hydrogen) atoms. The Morgan fingerprint density at radius 1 is 0.863 bits per heavy atom. The third kappa shape index (κ3) is 9.89. The lowest BCUT2D eigenvalue weighted by Crippen LogP contribution is -2.43. The maximum absolute atomic E-state index is 15.1. The molecule has 5 rings (SSSR count). The smallest absolute Gasteiger partial charge is 0.250 e. The minimum absolute atomic E-state index is 0.000585. The van der Waals surface area contributed by atoms with Crippen molar-refractivity contribution in [1.29, 1.82) is 0 Å². The standard InChI is InChI=1S/C40H49FN6O3Si/c1-40(2,3)51(4,5)50-32-20-18-31(19-21-32)36-28-47-38(34(44-36)26-29-15-11-10-12-16-29)45-35(39(47)48)27-30-17-22-37(33(41)25-30)49-24-14-9-7-6-8-13-23-43-46-42/h10-12,15-22,25,28,48H,6-9,13-14,23-24,26-27H2,1-5H3. The van der Waals surface area contributed by atoms with Gasteiger partial charge in [-0.3, -0.25) is 4.40 Å². The lowest BCUT2D eigenvalue weighted by Gasteiger charge is -2.36. The first-order valence-electron chi connectivity index (χ1n) is 17.8. The first-order valence-corrected chi connectivity index (χ1v) is 20.7. The second kappa shape index (κ2) is 16.9. The number of azide groups is 1. The molecule has 11 heteroatoms. The Bertz CT molecular complexity index is 1950. The van der Waals surface area contributed by atoms with Crippen LogP contribution in [-0.4, -0.2) is 40.9 Å². The highest BCUT2D eigenvalue weighted by Crippen LogP contribution is 2.38. The van der Waals surface area contributed by atoms with Gasteiger partial charge in [0.15, 0.2) is 17.2 Å². The monoisotopic (exact) mass is 708 g/mol. The lowest BCUT2D eigenvalue weighted by atomic mass is 10.1. The normalized spacial score (nSPS) is 11.8. The van der Waals surface area contributed by atoms with E-state index in [-0.39, 0.29) is 23.1 Å². The predicted octanol–water partition coefficient (Wildman–Crippen LogP) is 10.8. The molecule has 0 unspecified atom stereocenters. The Balaban J connectivity index is 1.31. The van der Waals surface area contributed by atoms with E-state index >= 15 is 4.39 Å². The Morgan fingerprint density at radius 2 is 1.55 bits per heavy atom. The van der Waals surface area contributed by atoms with Gasteiger partial charge in [-0.15, -0.1) is 0 Å². The van der Waals surface area contributed by atoms with Crippen LogP contribution in [0.2, 0.25) is 18.1 Å². The van der Waals surface area contributed by atoms with E-state index < -0.39 is 14.1 Å². The minimum Gasteiger partial charge on any atom is -0.544 e. The van der Waals surface area contributed by atoms with Gasteiger partial charge < -0.3 is 14.3 Å². The molecule has 0 radical (unpaired) electrons. The molecule has 268 valence electrons. The fourth-order valence-electron chi connectivity index (χ4n) is 5.63. The molecule has 2 heterocycles. The number of nitrogens with zero attached hydrogens (tertiary/aromatic N) is 6. The third-order valence-corrected chi connectivity index (χ3v) is 14.0. The van der Waals surface area contributed by atoms with Crippen LogP contribution in [0, 0.1) is 5.82 Å². The molecule has 1 N–H and O–H groups in total. The molecule has 0 atom stereocenters. The molecule has 0 fully saturated rings. The number of rotatable bonds is 17. The number of ether oxygens (including phenoxy) is 1. The fourth-order valence-corrected chi connectivity index (χ4v) is 6.67. The topological polar surface area (TPSA) is 118 Å². The first kappa shape index (κ1) is 37.4. The van der Waals surface area contributed by atoms with Gasteiger partial charge in [0.25, 0.3) is 0 Å². The van der Waals surface area contributed by atoms with E-state index in [1.807, 2.05) is 60.7 Å². The molecule has 9 nitrogen and oxygen atoms in total. The Kier molecular flexibility index (Phi) is 12.4. The summed E-state index contributed by atoms with van der Waals surface area (Å²) in [7, 11) is -1.99. The summed E-state index contributed by atoms with van der Waals surface area (Å²) in [6, 6.07) is 22.9. The van der Waals surface area contributed by atoms with Gasteiger partial charge in [-0.1, -0.05) is 88.0 Å². The summed E-state index contributed by atoms with van der Waals surface area (Å²) < 4.78 is 29.0. The van der Waals surface area contributed by atoms with Crippen LogP contribution in [0.15, 0.2) is 84.1 Å². The zero-order valence-electron chi connectivity index (χ0n) is 30.4. The van der Waals surface area contributed by atoms with Crippen molar-refractivity contribution in [2.45, 2.75) is 90.3 Å². The molecule has 0 aliphatic rings. The van der Waals surface area contributed by atoms with Gasteiger partial charge in [0, 0.05) is 36.1 Å². The average Bonchev–Trinajstić information content (AvgIpc) is 3.41. The van der Waals surface area contributed by atoms with Crippen LogP contribution in [0.25, 0.3) is 27.3 Å². The third-order valence-electron chi connectivity index (χ3n) is 9.61. The van der Waals surface area contributed by atoms with Crippen molar-refractivity contribution in [3.05, 3.63) is 118 Å². The number of fused-ring (bicyclic) bond motifs is 1. The number of aromatic hydroxyl groups is 1. The summed E-state index contributed by atoms with van der Waals surface area (Å²) in [5.74, 6) is 0.606. The van der Waals surface area contributed by atoms with Gasteiger partial charge >= 0.3 is 0 Å². The average molecular weight is 709 g/mol. The van der Waals surface area contributed by atoms with Gasteiger partial charge in [0.05, 0.1) is 18.0 Å². The summed E-state index contributed by atoms with van der Waals surface area (Å²) >= 11 is 0. The van der Waals surface area contributed by atoms with Crippen LogP contribution in [-0.2, 0) is 12.8 Å². The van der Waals surface area contributed by atoms with Crippen LogP contribution in [0.1, 0.15) is 81.8 Å². The van der Waals surface area contributed by atoms with Gasteiger partial charge in [-0.2, -0.15) is 0 Å². The Labute approximate surface area is 301 Å². The molecule has 0 spiro atoms. The van der Waals surface area contributed by atoms with E-state index in [0.29, 0.717) is 42.2 Å². The van der Waals surface area contributed by atoms with Crippen LogP contribution < -0.4 is 9.16 Å². The minimum atomic E-state index is -1.99. The van der Waals surface area contributed by atoms with Gasteiger partial charge in [-0.25, -0.2) is 14.4 Å². The quantitative estimate of drug-likeness (QED) is 0.0339. The van der Waals surface area contributed by atoms with E-state index in [1.165, 1.54) is 6.07 Å². The van der Waals surface area contributed by atoms with Crippen LogP contribution in [0.4, 0.5) is 4.39 Å². The summed E-state index contributed by atoms with van der Waals surface area (Å²) in [6.45, 7) is 12.1. The molecule has 2 aromatic heterocycles. The summed E-state index contributed by atoms with van der Waals surface area (Å²) in [6.07, 6.45) is 8.48. The van der Waals surface area contributed by atoms with Crippen molar-refractivity contribution in [3.63, 3.8) is 0 Å². The van der Waals surface area contributed by atoms with Gasteiger partial charge in [-0.05, 0) is 84.0 Å². The van der Waals surface area contributed by atoms with Crippen LogP contribution in [0.3, 0.4) is 0 Å². The number of unbranched alkanes of at least 4 members (excludes halogenated alkanes) is 5. The SMILES string of the molecule is CC(C)(C)[Si](C)(C)Oc1ccc(-c2cn3c(O)c(Cc4ccc(OCCCCCCCCN=[N+]=[N-])c(F)c4)nc3c(Cc3ccccc3)n2)cc1. The number of halogens is 1. The van der Waals surface area contributed by atoms with Gasteiger partial charge in [0.1, 0.15) is 11.4 Å². The highest BCUT2D eigenvalue weighted by Gasteiger charge is 2.39. The number of hydrogen-bond donors (Lipinski definition) is 1. The second-order valence-electron chi connectivity index (χ2n) is 14.6. The van der Waals surface area contributed by atoms with E-state index in [0.717, 1.165) is 61.1 Å². The Morgan fingerprint density at radius 3 is 2.24 bits per heavy atom. The highest BCUT2D eigenvalue weighted by atomic mass is 28.4. The van der Waals surface area contributed by atoms with E-state index in [2.05, 4.69) is 43.9 Å². The molecule has 0 aliphatic heterocycles. The summed E-state index contributed by atoms with van der Waals surface area (Å²) in [5, 5.41) is 15.1. The van der Waals surface area contributed by atoms with Crippen LogP contribution in [0.5, 0.6) is 17.4 Å². The molecule has 0 saturated heterocycles. The fraction of sp³-hybridized carbons (Fsp3) is 0.400. The van der Waals surface area contributed by atoms with Crippen molar-refractivity contribution >= 4 is 14.0 Å². The number of aromatic nitrogens is 3. The number of imidazole rings is 1. The Hall–Kier alpha value is -4.86. The summed E-state index contributed by atoms with van der Waals surface area (Å²) in [5.41, 5.74) is 13.4. The van der Waals surface area contributed by atoms with Crippen LogP contribution >= 0.6 is 0 Å². The maximum atomic E-state index is 15.1. The highest BCUT2D eigenvalue weighted by molar-refractivity contribution is 6.74. The van der Waals surface area contributed by atoms with Crippen molar-refractivity contribution in [1.82, 2.24) is 14.4 Å². The first-order chi connectivity index (χ1) is 24.4. The summed E-state index contributed by atoms with van der Waals surface area (Å²) in [4.78, 5) is 12.6. The molecule has 0 aliphatic carbocycles. The molecule has 3 aromatic carbocycles. The number of hydrogen-bond acceptors (Lipinski definition) is 6. The molecule has 0 amide bonds. The van der Waals surface area contributed by atoms with E-state index in [1.54, 1.807) is 16.7 Å². The predicted molar refractivity (Wildman–Crippen MR) is 204 cm³/mol. The van der Waals surface area contributed by atoms with Crippen molar-refractivity contribution in [3.8, 4) is 28.6 Å². The van der Waals surface area contributed by atoms with Crippen molar-refractivity contribution in [2.24, 2.45) is 5.11 Å². The molecule has 0 saturated carbocycles. The number of benzene rings is 3. The molecule has 5 aromatic rings. The largest absolute Gasteiger partial charge is 0.544 e. The zero-order valence-corrected chi connectivity index (χ0v) is 31.4. The second-order valence-corrected chi connectivity index (χ2v) is 19.3. The molecular weight excluding hydrogens is 660 g/mol. The van der Waals surface area contributed by atoms with E-state index in [9.17, 15) is 5.11 Å². The van der Waals surface area contributed by atoms with Crippen molar-refractivity contribution < 1.29 is 18.7 Å². The molecule has 0 bridgehead atoms. The zero-order chi connectivity index (χ0) is 36.4.